The summed E-state index contributed by atoms with van der Waals surface area (Å²) < 4.78 is 54.0. The molecule has 0 aliphatic rings. The number of anilines is 2. The zero-order valence-corrected chi connectivity index (χ0v) is 15.6. The summed E-state index contributed by atoms with van der Waals surface area (Å²) in [5.74, 6) is -2.81. The molecule has 3 aromatic rings. The second kappa shape index (κ2) is 7.77. The van der Waals surface area contributed by atoms with Crippen molar-refractivity contribution < 1.29 is 22.0 Å². The molecule has 5 nitrogen and oxygen atoms in total. The fourth-order valence-electron chi connectivity index (χ4n) is 2.51. The fraction of sp³-hybridized carbons (Fsp3) is 0.0500. The molecule has 8 heteroatoms. The van der Waals surface area contributed by atoms with Gasteiger partial charge < -0.3 is 5.32 Å². The van der Waals surface area contributed by atoms with Crippen molar-refractivity contribution in [3.05, 3.63) is 89.5 Å². The van der Waals surface area contributed by atoms with E-state index in [0.29, 0.717) is 0 Å². The van der Waals surface area contributed by atoms with Gasteiger partial charge >= 0.3 is 0 Å². The molecule has 0 fully saturated rings. The van der Waals surface area contributed by atoms with Crippen LogP contribution in [0.15, 0.2) is 71.6 Å². The molecule has 28 heavy (non-hydrogen) atoms. The Kier molecular flexibility index (Phi) is 5.41. The van der Waals surface area contributed by atoms with Gasteiger partial charge in [0.25, 0.3) is 15.9 Å². The predicted octanol–water partition coefficient (Wildman–Crippen LogP) is 4.33. The third-order valence-corrected chi connectivity index (χ3v) is 5.28. The van der Waals surface area contributed by atoms with Crippen molar-refractivity contribution in [2.24, 2.45) is 0 Å². The van der Waals surface area contributed by atoms with Crippen molar-refractivity contribution in [3.63, 3.8) is 0 Å². The molecule has 0 unspecified atom stereocenters. The summed E-state index contributed by atoms with van der Waals surface area (Å²) in [7, 11) is -3.91. The highest BCUT2D eigenvalue weighted by Crippen LogP contribution is 2.23. The number of hydrogen-bond donors (Lipinski definition) is 2. The number of rotatable bonds is 5. The van der Waals surface area contributed by atoms with E-state index >= 15 is 0 Å². The van der Waals surface area contributed by atoms with Crippen LogP contribution in [0.3, 0.4) is 0 Å². The molecule has 3 aromatic carbocycles. The average molecular weight is 402 g/mol. The van der Waals surface area contributed by atoms with Crippen LogP contribution in [-0.2, 0) is 10.0 Å². The number of aryl methyl sites for hydroxylation is 1. The molecule has 1 amide bonds. The Morgan fingerprint density at radius 3 is 2.29 bits per heavy atom. The molecule has 2 N–H and O–H groups in total. The summed E-state index contributed by atoms with van der Waals surface area (Å²) in [5.41, 5.74) is 0.874. The molecular formula is C20H16F2N2O3S. The van der Waals surface area contributed by atoms with E-state index in [1.54, 1.807) is 31.2 Å². The molecule has 0 spiro atoms. The number of amides is 1. The van der Waals surface area contributed by atoms with Crippen LogP contribution in [0.25, 0.3) is 0 Å². The topological polar surface area (TPSA) is 75.3 Å². The lowest BCUT2D eigenvalue weighted by Crippen LogP contribution is -2.19. The van der Waals surface area contributed by atoms with E-state index in [9.17, 15) is 22.0 Å². The minimum absolute atomic E-state index is 0.0438. The first-order valence-corrected chi connectivity index (χ1v) is 9.69. The van der Waals surface area contributed by atoms with Crippen molar-refractivity contribution in [2.45, 2.75) is 11.8 Å². The Bertz CT molecular complexity index is 1130. The van der Waals surface area contributed by atoms with Gasteiger partial charge in [-0.15, -0.1) is 0 Å². The third kappa shape index (κ3) is 4.34. The molecule has 0 saturated heterocycles. The quantitative estimate of drug-likeness (QED) is 0.667. The Balaban J connectivity index is 1.92. The zero-order valence-electron chi connectivity index (χ0n) is 14.7. The number of carbonyl (C=O) groups is 1. The van der Waals surface area contributed by atoms with Gasteiger partial charge in [0, 0.05) is 11.8 Å². The smallest absolute Gasteiger partial charge is 0.261 e. The van der Waals surface area contributed by atoms with Crippen LogP contribution < -0.4 is 10.0 Å². The summed E-state index contributed by atoms with van der Waals surface area (Å²) in [6.07, 6.45) is 0. The van der Waals surface area contributed by atoms with Crippen LogP contribution in [0.1, 0.15) is 15.9 Å². The number of halogens is 2. The van der Waals surface area contributed by atoms with Crippen LogP contribution in [0.2, 0.25) is 0 Å². The van der Waals surface area contributed by atoms with Crippen molar-refractivity contribution in [3.8, 4) is 0 Å². The Morgan fingerprint density at radius 1 is 0.893 bits per heavy atom. The van der Waals surface area contributed by atoms with Crippen LogP contribution in [0.5, 0.6) is 0 Å². The van der Waals surface area contributed by atoms with E-state index in [1.807, 2.05) is 0 Å². The first kappa shape index (κ1) is 19.5. The van der Waals surface area contributed by atoms with Gasteiger partial charge in [0.2, 0.25) is 0 Å². The van der Waals surface area contributed by atoms with Gasteiger partial charge in [-0.2, -0.15) is 0 Å². The summed E-state index contributed by atoms with van der Waals surface area (Å²) in [6, 6.07) is 15.3. The highest BCUT2D eigenvalue weighted by Gasteiger charge is 2.19. The molecule has 0 heterocycles. The molecule has 3 rings (SSSR count). The molecule has 0 aromatic heterocycles. The van der Waals surface area contributed by atoms with Crippen molar-refractivity contribution >= 4 is 27.3 Å². The lowest BCUT2D eigenvalue weighted by Gasteiger charge is -2.14. The third-order valence-electron chi connectivity index (χ3n) is 3.89. The van der Waals surface area contributed by atoms with Crippen LogP contribution in [-0.4, -0.2) is 14.3 Å². The Hall–Kier alpha value is -3.26. The molecule has 0 radical (unpaired) electrons. The van der Waals surface area contributed by atoms with Crippen molar-refractivity contribution in [2.75, 3.05) is 10.0 Å². The maximum Gasteiger partial charge on any atom is 0.261 e. The van der Waals surface area contributed by atoms with E-state index in [1.165, 1.54) is 30.3 Å². The number of benzene rings is 3. The van der Waals surface area contributed by atoms with Gasteiger partial charge in [0.15, 0.2) is 11.6 Å². The van der Waals surface area contributed by atoms with Gasteiger partial charge in [-0.25, -0.2) is 17.2 Å². The normalized spacial score (nSPS) is 11.1. The van der Waals surface area contributed by atoms with E-state index in [0.717, 1.165) is 17.7 Å². The molecule has 0 atom stereocenters. The standard InChI is InChI=1S/C20H16F2N2O3S/c1-13-7-10-19(24-28(26,27)15-5-3-2-4-6-15)16(11-13)20(25)23-14-8-9-17(21)18(22)12-14/h2-12,24H,1H3,(H,23,25). The summed E-state index contributed by atoms with van der Waals surface area (Å²) in [6.45, 7) is 1.74. The molecule has 0 aliphatic carbocycles. The van der Waals surface area contributed by atoms with E-state index in [-0.39, 0.29) is 21.8 Å². The molecule has 0 aliphatic heterocycles. The summed E-state index contributed by atoms with van der Waals surface area (Å²) >= 11 is 0. The van der Waals surface area contributed by atoms with Gasteiger partial charge in [-0.1, -0.05) is 29.8 Å². The molecule has 0 bridgehead atoms. The van der Waals surface area contributed by atoms with Gasteiger partial charge in [-0.05, 0) is 43.3 Å². The average Bonchev–Trinajstić information content (AvgIpc) is 2.66. The molecule has 144 valence electrons. The number of sulfonamides is 1. The molecular weight excluding hydrogens is 386 g/mol. The largest absolute Gasteiger partial charge is 0.322 e. The SMILES string of the molecule is Cc1ccc(NS(=O)(=O)c2ccccc2)c(C(=O)Nc2ccc(F)c(F)c2)c1. The first-order valence-electron chi connectivity index (χ1n) is 8.21. The van der Waals surface area contributed by atoms with E-state index in [4.69, 9.17) is 0 Å². The number of hydrogen-bond acceptors (Lipinski definition) is 3. The Morgan fingerprint density at radius 2 is 1.61 bits per heavy atom. The predicted molar refractivity (Wildman–Crippen MR) is 103 cm³/mol. The van der Waals surface area contributed by atoms with Gasteiger partial charge in [-0.3, -0.25) is 9.52 Å². The van der Waals surface area contributed by atoms with E-state index < -0.39 is 27.6 Å². The monoisotopic (exact) mass is 402 g/mol. The molecule has 0 saturated carbocycles. The highest BCUT2D eigenvalue weighted by atomic mass is 32.2. The van der Waals surface area contributed by atoms with Crippen LogP contribution in [0, 0.1) is 18.6 Å². The second-order valence-electron chi connectivity index (χ2n) is 6.05. The maximum atomic E-state index is 13.4. The maximum absolute atomic E-state index is 13.4. The number of nitrogens with one attached hydrogen (secondary N) is 2. The lowest BCUT2D eigenvalue weighted by molar-refractivity contribution is 0.102. The fourth-order valence-corrected chi connectivity index (χ4v) is 3.61. The minimum atomic E-state index is -3.91. The number of carbonyl (C=O) groups excluding carboxylic acids is 1. The van der Waals surface area contributed by atoms with Crippen molar-refractivity contribution in [1.29, 1.82) is 0 Å². The highest BCUT2D eigenvalue weighted by molar-refractivity contribution is 7.92. The lowest BCUT2D eigenvalue weighted by atomic mass is 10.1. The summed E-state index contributed by atoms with van der Waals surface area (Å²) in [5, 5.41) is 2.44. The van der Waals surface area contributed by atoms with Gasteiger partial charge in [0.05, 0.1) is 16.1 Å². The summed E-state index contributed by atoms with van der Waals surface area (Å²) in [4.78, 5) is 12.7. The van der Waals surface area contributed by atoms with Gasteiger partial charge in [0.1, 0.15) is 0 Å². The van der Waals surface area contributed by atoms with E-state index in [2.05, 4.69) is 10.0 Å². The van der Waals surface area contributed by atoms with Crippen LogP contribution >= 0.6 is 0 Å². The van der Waals surface area contributed by atoms with Crippen LogP contribution in [0.4, 0.5) is 20.2 Å². The van der Waals surface area contributed by atoms with Crippen molar-refractivity contribution in [1.82, 2.24) is 0 Å². The second-order valence-corrected chi connectivity index (χ2v) is 7.73. The first-order chi connectivity index (χ1) is 13.3. The zero-order chi connectivity index (χ0) is 20.3. The Labute approximate surface area is 161 Å². The minimum Gasteiger partial charge on any atom is -0.322 e.